The van der Waals surface area contributed by atoms with E-state index >= 15 is 0 Å². The van der Waals surface area contributed by atoms with Gasteiger partial charge in [0.15, 0.2) is 5.82 Å². The highest BCUT2D eigenvalue weighted by Gasteiger charge is 2.13. The zero-order valence-electron chi connectivity index (χ0n) is 5.93. The minimum Gasteiger partial charge on any atom is -0.396 e. The molecule has 0 spiro atoms. The van der Waals surface area contributed by atoms with Gasteiger partial charge < -0.3 is 5.73 Å². The first-order valence-corrected chi connectivity index (χ1v) is 2.95. The molecule has 0 saturated carbocycles. The van der Waals surface area contributed by atoms with Gasteiger partial charge in [0.2, 0.25) is 0 Å². The molecule has 0 amide bonds. The molecule has 1 nitrogen and oxygen atoms in total. The van der Waals surface area contributed by atoms with Crippen LogP contribution in [0.15, 0.2) is 18.2 Å². The highest BCUT2D eigenvalue weighted by atomic mass is 35.5. The summed E-state index contributed by atoms with van der Waals surface area (Å²) in [5.74, 6) is -1.03. The van der Waals surface area contributed by atoms with Crippen LogP contribution in [0.2, 0.25) is 0 Å². The van der Waals surface area contributed by atoms with E-state index in [4.69, 9.17) is 5.73 Å². The summed E-state index contributed by atoms with van der Waals surface area (Å²) < 4.78 is 36.5. The standard InChI is InChI=1S/C7H6F3N.ClH/c8-6-4(7(9)10)2-1-3-5(6)11;/h1-3,7H,11H2;1H. The van der Waals surface area contributed by atoms with Gasteiger partial charge in [-0.15, -0.1) is 12.4 Å². The molecule has 0 unspecified atom stereocenters. The molecule has 12 heavy (non-hydrogen) atoms. The van der Waals surface area contributed by atoms with Gasteiger partial charge in [-0.05, 0) is 6.07 Å². The van der Waals surface area contributed by atoms with Crippen molar-refractivity contribution in [3.05, 3.63) is 29.6 Å². The third-order valence-electron chi connectivity index (χ3n) is 1.29. The minimum absolute atomic E-state index is 0. The average molecular weight is 198 g/mol. The molecule has 0 radical (unpaired) electrons. The molecule has 0 saturated heterocycles. The molecule has 0 aliphatic rings. The van der Waals surface area contributed by atoms with Crippen molar-refractivity contribution in [3.8, 4) is 0 Å². The normalized spacial score (nSPS) is 9.67. The summed E-state index contributed by atoms with van der Waals surface area (Å²) in [6, 6.07) is 3.54. The highest BCUT2D eigenvalue weighted by molar-refractivity contribution is 5.85. The molecule has 0 aromatic heterocycles. The molecule has 0 aliphatic heterocycles. The van der Waals surface area contributed by atoms with E-state index in [1.54, 1.807) is 0 Å². The van der Waals surface area contributed by atoms with E-state index < -0.39 is 17.8 Å². The predicted molar refractivity (Wildman–Crippen MR) is 43.0 cm³/mol. The Morgan fingerprint density at radius 3 is 2.25 bits per heavy atom. The van der Waals surface area contributed by atoms with Crippen molar-refractivity contribution in [3.63, 3.8) is 0 Å². The molecule has 0 bridgehead atoms. The minimum atomic E-state index is -2.81. The first kappa shape index (κ1) is 11.1. The van der Waals surface area contributed by atoms with Crippen LogP contribution in [0.5, 0.6) is 0 Å². The van der Waals surface area contributed by atoms with Crippen molar-refractivity contribution in [2.75, 3.05) is 5.73 Å². The maximum absolute atomic E-state index is 12.6. The Kier molecular flexibility index (Phi) is 3.89. The zero-order chi connectivity index (χ0) is 8.43. The van der Waals surface area contributed by atoms with E-state index in [1.165, 1.54) is 12.1 Å². The number of benzene rings is 1. The molecule has 0 aliphatic carbocycles. The van der Waals surface area contributed by atoms with Gasteiger partial charge in [-0.25, -0.2) is 13.2 Å². The third-order valence-corrected chi connectivity index (χ3v) is 1.29. The van der Waals surface area contributed by atoms with Crippen molar-refractivity contribution in [1.29, 1.82) is 0 Å². The number of alkyl halides is 2. The quantitative estimate of drug-likeness (QED) is 0.689. The van der Waals surface area contributed by atoms with Gasteiger partial charge in [-0.1, -0.05) is 12.1 Å². The molecule has 68 valence electrons. The number of hydrogen-bond donors (Lipinski definition) is 1. The first-order valence-electron chi connectivity index (χ1n) is 2.95. The molecule has 1 aromatic carbocycles. The van der Waals surface area contributed by atoms with Gasteiger partial charge in [-0.2, -0.15) is 0 Å². The summed E-state index contributed by atoms with van der Waals surface area (Å²) in [6.45, 7) is 0. The highest BCUT2D eigenvalue weighted by Crippen LogP contribution is 2.24. The summed E-state index contributed by atoms with van der Waals surface area (Å²) in [4.78, 5) is 0. The SMILES string of the molecule is Cl.Nc1cccc(C(F)F)c1F. The zero-order valence-corrected chi connectivity index (χ0v) is 6.75. The second-order valence-corrected chi connectivity index (χ2v) is 2.05. The second kappa shape index (κ2) is 4.21. The van der Waals surface area contributed by atoms with Crippen molar-refractivity contribution in [1.82, 2.24) is 0 Å². The first-order chi connectivity index (χ1) is 5.13. The van der Waals surface area contributed by atoms with Gasteiger partial charge >= 0.3 is 0 Å². The molecular weight excluding hydrogens is 191 g/mol. The predicted octanol–water partition coefficient (Wildman–Crippen LogP) is 2.77. The van der Waals surface area contributed by atoms with Crippen molar-refractivity contribution >= 4 is 18.1 Å². The Balaban J connectivity index is 0.00000121. The van der Waals surface area contributed by atoms with Crippen LogP contribution in [-0.2, 0) is 0 Å². The van der Waals surface area contributed by atoms with E-state index in [1.807, 2.05) is 0 Å². The fourth-order valence-electron chi connectivity index (χ4n) is 0.737. The lowest BCUT2D eigenvalue weighted by Crippen LogP contribution is -1.96. The topological polar surface area (TPSA) is 26.0 Å². The van der Waals surface area contributed by atoms with Gasteiger partial charge in [0.1, 0.15) is 0 Å². The lowest BCUT2D eigenvalue weighted by atomic mass is 10.2. The van der Waals surface area contributed by atoms with Gasteiger partial charge in [0.25, 0.3) is 6.43 Å². The lowest BCUT2D eigenvalue weighted by Gasteiger charge is -2.02. The summed E-state index contributed by atoms with van der Waals surface area (Å²) in [6.07, 6.45) is -2.81. The molecule has 0 fully saturated rings. The van der Waals surface area contributed by atoms with Crippen LogP contribution in [0.25, 0.3) is 0 Å². The number of rotatable bonds is 1. The number of halogens is 4. The van der Waals surface area contributed by atoms with E-state index in [0.717, 1.165) is 6.07 Å². The molecule has 2 N–H and O–H groups in total. The Morgan fingerprint density at radius 2 is 1.83 bits per heavy atom. The summed E-state index contributed by atoms with van der Waals surface area (Å²) in [7, 11) is 0. The van der Waals surface area contributed by atoms with Crippen LogP contribution in [0.3, 0.4) is 0 Å². The number of hydrogen-bond acceptors (Lipinski definition) is 1. The van der Waals surface area contributed by atoms with Gasteiger partial charge in [-0.3, -0.25) is 0 Å². The summed E-state index contributed by atoms with van der Waals surface area (Å²) in [5, 5.41) is 0. The number of nitrogen functional groups attached to an aromatic ring is 1. The van der Waals surface area contributed by atoms with Crippen LogP contribution in [-0.4, -0.2) is 0 Å². The van der Waals surface area contributed by atoms with E-state index in [-0.39, 0.29) is 18.1 Å². The molecule has 5 heteroatoms. The third kappa shape index (κ3) is 2.04. The summed E-state index contributed by atoms with van der Waals surface area (Å²) >= 11 is 0. The lowest BCUT2D eigenvalue weighted by molar-refractivity contribution is 0.146. The van der Waals surface area contributed by atoms with Crippen LogP contribution in [0.4, 0.5) is 18.9 Å². The number of anilines is 1. The molecule has 0 atom stereocenters. The maximum Gasteiger partial charge on any atom is 0.266 e. The Bertz CT molecular complexity index is 265. The monoisotopic (exact) mass is 197 g/mol. The van der Waals surface area contributed by atoms with E-state index in [0.29, 0.717) is 0 Å². The van der Waals surface area contributed by atoms with Crippen LogP contribution in [0.1, 0.15) is 12.0 Å². The molecule has 0 heterocycles. The Morgan fingerprint density at radius 1 is 1.25 bits per heavy atom. The smallest absolute Gasteiger partial charge is 0.266 e. The molecular formula is C7H7ClF3N. The molecule has 1 rings (SSSR count). The average Bonchev–Trinajstić information content (AvgIpc) is 1.94. The Hall–Kier alpha value is -0.900. The Labute approximate surface area is 73.8 Å². The summed E-state index contributed by atoms with van der Waals surface area (Å²) in [5.41, 5.74) is 4.15. The maximum atomic E-state index is 12.6. The molecule has 1 aromatic rings. The fraction of sp³-hybridized carbons (Fsp3) is 0.143. The van der Waals surface area contributed by atoms with Gasteiger partial charge in [0.05, 0.1) is 11.3 Å². The van der Waals surface area contributed by atoms with Crippen LogP contribution >= 0.6 is 12.4 Å². The largest absolute Gasteiger partial charge is 0.396 e. The van der Waals surface area contributed by atoms with Crippen molar-refractivity contribution in [2.45, 2.75) is 6.43 Å². The van der Waals surface area contributed by atoms with Crippen LogP contribution in [0, 0.1) is 5.82 Å². The van der Waals surface area contributed by atoms with E-state index in [9.17, 15) is 13.2 Å². The van der Waals surface area contributed by atoms with Crippen molar-refractivity contribution < 1.29 is 13.2 Å². The van der Waals surface area contributed by atoms with Crippen LogP contribution < -0.4 is 5.73 Å². The van der Waals surface area contributed by atoms with Gasteiger partial charge in [0, 0.05) is 0 Å². The van der Waals surface area contributed by atoms with E-state index in [2.05, 4.69) is 0 Å². The second-order valence-electron chi connectivity index (χ2n) is 2.05. The fourth-order valence-corrected chi connectivity index (χ4v) is 0.737. The van der Waals surface area contributed by atoms with Crippen molar-refractivity contribution in [2.24, 2.45) is 0 Å². The number of nitrogens with two attached hydrogens (primary N) is 1.